The molecule has 0 aromatic rings. The minimum Gasteiger partial charge on any atom is -0.465 e. The molecular weight excluding hydrogens is 305 g/mol. The lowest BCUT2D eigenvalue weighted by Gasteiger charge is -2.21. The Morgan fingerprint density at radius 1 is 1.47 bits per heavy atom. The molecule has 1 rings (SSSR count). The molecule has 0 amide bonds. The third-order valence-corrected chi connectivity index (χ3v) is 3.24. The van der Waals surface area contributed by atoms with Crippen molar-refractivity contribution in [1.82, 2.24) is 0 Å². The average molecular weight is 326 g/mol. The van der Waals surface area contributed by atoms with Crippen molar-refractivity contribution in [2.24, 2.45) is 5.92 Å². The number of alkyl halides is 1. The van der Waals surface area contributed by atoms with Crippen LogP contribution in [-0.2, 0) is 9.53 Å². The number of carbonyl (C=O) groups is 1. The Bertz CT molecular complexity index is 207. The van der Waals surface area contributed by atoms with Crippen LogP contribution in [0, 0.1) is 5.92 Å². The Balaban J connectivity index is 2.12. The lowest BCUT2D eigenvalue weighted by atomic mass is 9.95. The molecule has 0 spiro atoms. The Morgan fingerprint density at radius 3 is 2.60 bits per heavy atom. The minimum absolute atomic E-state index is 0.0922. The highest BCUT2D eigenvalue weighted by molar-refractivity contribution is 14.1. The third-order valence-electron chi connectivity index (χ3n) is 2.80. The van der Waals surface area contributed by atoms with Crippen molar-refractivity contribution in [3.63, 3.8) is 0 Å². The predicted octanol–water partition coefficient (Wildman–Crippen LogP) is 1.11. The molecule has 15 heavy (non-hydrogen) atoms. The van der Waals surface area contributed by atoms with Gasteiger partial charge >= 0.3 is 5.97 Å². The summed E-state index contributed by atoms with van der Waals surface area (Å²) < 4.78 is 4.86. The largest absolute Gasteiger partial charge is 0.465 e. The van der Waals surface area contributed by atoms with Gasteiger partial charge in [-0.15, -0.1) is 0 Å². The first kappa shape index (κ1) is 13.2. The van der Waals surface area contributed by atoms with Crippen LogP contribution in [0.5, 0.6) is 0 Å². The van der Waals surface area contributed by atoms with Crippen molar-refractivity contribution in [2.45, 2.75) is 36.5 Å². The lowest BCUT2D eigenvalue weighted by Crippen LogP contribution is -2.86. The monoisotopic (exact) mass is 326 g/mol. The fourth-order valence-electron chi connectivity index (χ4n) is 1.77. The van der Waals surface area contributed by atoms with Gasteiger partial charge in [-0.05, 0) is 39.0 Å². The zero-order valence-corrected chi connectivity index (χ0v) is 11.7. The van der Waals surface area contributed by atoms with Gasteiger partial charge in [0.15, 0.2) is 0 Å². The molecule has 1 saturated heterocycles. The van der Waals surface area contributed by atoms with Crippen LogP contribution in [-0.4, -0.2) is 29.1 Å². The summed E-state index contributed by atoms with van der Waals surface area (Å²) >= 11 is 2.12. The van der Waals surface area contributed by atoms with Crippen LogP contribution >= 0.6 is 22.6 Å². The number of esters is 1. The predicted molar refractivity (Wildman–Crippen MR) is 68.1 cm³/mol. The molecule has 0 aromatic heterocycles. The maximum absolute atomic E-state index is 11.5. The number of ether oxygens (including phenoxy) is 1. The van der Waals surface area contributed by atoms with E-state index in [-0.39, 0.29) is 5.97 Å². The van der Waals surface area contributed by atoms with Crippen molar-refractivity contribution in [2.75, 3.05) is 19.7 Å². The van der Waals surface area contributed by atoms with Crippen molar-refractivity contribution in [3.05, 3.63) is 0 Å². The van der Waals surface area contributed by atoms with Gasteiger partial charge in [-0.2, -0.15) is 0 Å². The first-order chi connectivity index (χ1) is 7.00. The van der Waals surface area contributed by atoms with Crippen LogP contribution in [0.15, 0.2) is 0 Å². The number of piperidine rings is 1. The number of quaternary nitrogens is 1. The van der Waals surface area contributed by atoms with Crippen LogP contribution < -0.4 is 5.32 Å². The van der Waals surface area contributed by atoms with Gasteiger partial charge in [-0.25, -0.2) is 0 Å². The van der Waals surface area contributed by atoms with Crippen LogP contribution in [0.3, 0.4) is 0 Å². The van der Waals surface area contributed by atoms with Crippen molar-refractivity contribution >= 4 is 28.6 Å². The second-order valence-electron chi connectivity index (χ2n) is 4.71. The van der Waals surface area contributed by atoms with Crippen molar-refractivity contribution < 1.29 is 14.8 Å². The Hall–Kier alpha value is 0.160. The van der Waals surface area contributed by atoms with E-state index in [0.29, 0.717) is 6.61 Å². The number of halogens is 1. The average Bonchev–Trinajstić information content (AvgIpc) is 2.18. The first-order valence-corrected chi connectivity index (χ1v) is 6.76. The maximum Gasteiger partial charge on any atom is 0.321 e. The Kier molecular flexibility index (Phi) is 5.32. The molecule has 4 heteroatoms. The summed E-state index contributed by atoms with van der Waals surface area (Å²) in [5, 5.41) is 2.36. The molecule has 0 unspecified atom stereocenters. The summed E-state index contributed by atoms with van der Waals surface area (Å²) in [4.78, 5) is 11.5. The van der Waals surface area contributed by atoms with Gasteiger partial charge < -0.3 is 10.1 Å². The molecule has 3 nitrogen and oxygen atoms in total. The number of hydrogen-bond donors (Lipinski definition) is 1. The number of hydrogen-bond acceptors (Lipinski definition) is 2. The van der Waals surface area contributed by atoms with Crippen molar-refractivity contribution in [3.8, 4) is 0 Å². The molecule has 88 valence electrons. The smallest absolute Gasteiger partial charge is 0.321 e. The van der Waals surface area contributed by atoms with E-state index in [1.165, 1.54) is 25.9 Å². The molecular formula is C11H21INO2+. The highest BCUT2D eigenvalue weighted by atomic mass is 127. The van der Waals surface area contributed by atoms with Gasteiger partial charge in [0.1, 0.15) is 3.42 Å². The topological polar surface area (TPSA) is 42.9 Å². The summed E-state index contributed by atoms with van der Waals surface area (Å²) in [5.41, 5.74) is 0. The van der Waals surface area contributed by atoms with E-state index < -0.39 is 3.42 Å². The molecule has 0 atom stereocenters. The fourth-order valence-corrected chi connectivity index (χ4v) is 1.93. The van der Waals surface area contributed by atoms with E-state index in [0.717, 1.165) is 12.3 Å². The summed E-state index contributed by atoms with van der Waals surface area (Å²) in [6.45, 7) is 6.82. The lowest BCUT2D eigenvalue weighted by molar-refractivity contribution is -0.664. The van der Waals surface area contributed by atoms with Crippen LogP contribution in [0.1, 0.15) is 33.1 Å². The standard InChI is InChI=1S/C11H20INO2/c1-11(2,12)10(14)15-8-5-9-3-6-13-7-4-9/h9,13H,3-8H2,1-2H3/p+1. The quantitative estimate of drug-likeness (QED) is 0.478. The van der Waals surface area contributed by atoms with Gasteiger partial charge in [0, 0.05) is 0 Å². The molecule has 0 bridgehead atoms. The molecule has 0 radical (unpaired) electrons. The highest BCUT2D eigenvalue weighted by Crippen LogP contribution is 2.19. The van der Waals surface area contributed by atoms with Gasteiger partial charge in [0.25, 0.3) is 0 Å². The Morgan fingerprint density at radius 2 is 2.07 bits per heavy atom. The molecule has 2 N–H and O–H groups in total. The summed E-state index contributed by atoms with van der Waals surface area (Å²) in [6.07, 6.45) is 3.57. The molecule has 0 aromatic carbocycles. The van der Waals surface area contributed by atoms with E-state index in [1.54, 1.807) is 0 Å². The fraction of sp³-hybridized carbons (Fsp3) is 0.909. The molecule has 0 aliphatic carbocycles. The number of nitrogens with two attached hydrogens (primary N) is 1. The number of rotatable bonds is 4. The van der Waals surface area contributed by atoms with Crippen molar-refractivity contribution in [1.29, 1.82) is 0 Å². The van der Waals surface area contributed by atoms with E-state index in [1.807, 2.05) is 13.8 Å². The van der Waals surface area contributed by atoms with Crippen LogP contribution in [0.2, 0.25) is 0 Å². The Labute approximate surface area is 105 Å². The van der Waals surface area contributed by atoms with Gasteiger partial charge in [-0.1, -0.05) is 22.6 Å². The first-order valence-electron chi connectivity index (χ1n) is 5.68. The second kappa shape index (κ2) is 6.03. The highest BCUT2D eigenvalue weighted by Gasteiger charge is 2.25. The minimum atomic E-state index is -0.391. The molecule has 0 saturated carbocycles. The molecule has 1 aliphatic rings. The van der Waals surface area contributed by atoms with E-state index in [9.17, 15) is 4.79 Å². The number of carbonyl (C=O) groups excluding carboxylic acids is 1. The molecule has 1 aliphatic heterocycles. The normalized spacial score (nSPS) is 18.9. The maximum atomic E-state index is 11.5. The summed E-state index contributed by atoms with van der Waals surface area (Å²) in [6, 6.07) is 0. The molecule has 1 heterocycles. The van der Waals surface area contributed by atoms with Gasteiger partial charge in [0.2, 0.25) is 0 Å². The SMILES string of the molecule is CC(C)(I)C(=O)OCCC1CC[NH2+]CC1. The van der Waals surface area contributed by atoms with Gasteiger partial charge in [0.05, 0.1) is 19.7 Å². The molecule has 1 fully saturated rings. The zero-order valence-electron chi connectivity index (χ0n) is 9.59. The third kappa shape index (κ3) is 5.15. The second-order valence-corrected chi connectivity index (χ2v) is 7.40. The van der Waals surface area contributed by atoms with E-state index >= 15 is 0 Å². The zero-order chi connectivity index (χ0) is 11.3. The summed E-state index contributed by atoms with van der Waals surface area (Å²) in [7, 11) is 0. The van der Waals surface area contributed by atoms with Crippen LogP contribution in [0.25, 0.3) is 0 Å². The van der Waals surface area contributed by atoms with E-state index in [2.05, 4.69) is 27.9 Å². The van der Waals surface area contributed by atoms with Crippen LogP contribution in [0.4, 0.5) is 0 Å². The van der Waals surface area contributed by atoms with E-state index in [4.69, 9.17) is 4.74 Å². The van der Waals surface area contributed by atoms with Gasteiger partial charge in [-0.3, -0.25) is 4.79 Å². The summed E-state index contributed by atoms with van der Waals surface area (Å²) in [5.74, 6) is 0.672.